The molecule has 0 unspecified atom stereocenters. The van der Waals surface area contributed by atoms with Gasteiger partial charge in [-0.2, -0.15) is 0 Å². The van der Waals surface area contributed by atoms with E-state index in [9.17, 15) is 0 Å². The summed E-state index contributed by atoms with van der Waals surface area (Å²) in [5, 5.41) is 0. The van der Waals surface area contributed by atoms with Crippen LogP contribution in [0.3, 0.4) is 0 Å². The first-order chi connectivity index (χ1) is 21.4. The largest absolute Gasteiger partial charge is 0.0622 e. The van der Waals surface area contributed by atoms with Gasteiger partial charge in [-0.1, -0.05) is 168 Å². The molecule has 0 N–H and O–H groups in total. The second kappa shape index (κ2) is 13.0. The molecule has 0 bridgehead atoms. The summed E-state index contributed by atoms with van der Waals surface area (Å²) in [4.78, 5) is 0. The molecule has 0 saturated heterocycles. The van der Waals surface area contributed by atoms with Crippen LogP contribution in [-0.4, -0.2) is 0 Å². The Hall–Kier alpha value is -5.20. The van der Waals surface area contributed by atoms with Crippen molar-refractivity contribution in [3.05, 3.63) is 201 Å². The highest BCUT2D eigenvalue weighted by Gasteiger charge is 2.14. The molecule has 6 rings (SSSR count). The monoisotopic (exact) mass is 566 g/mol. The molecule has 0 radical (unpaired) electrons. The van der Waals surface area contributed by atoms with Crippen molar-refractivity contribution in [3.8, 4) is 11.1 Å². The maximum absolute atomic E-state index is 2.39. The summed E-state index contributed by atoms with van der Waals surface area (Å²) in [6.45, 7) is 8.57. The van der Waals surface area contributed by atoms with Crippen LogP contribution >= 0.6 is 0 Å². The predicted molar refractivity (Wildman–Crippen MR) is 191 cm³/mol. The van der Waals surface area contributed by atoms with E-state index in [1.54, 1.807) is 0 Å². The Labute approximate surface area is 262 Å². The van der Waals surface area contributed by atoms with Gasteiger partial charge < -0.3 is 0 Å². The normalized spacial score (nSPS) is 10.7. The second-order valence-corrected chi connectivity index (χ2v) is 11.8. The quantitative estimate of drug-likeness (QED) is 0.169. The van der Waals surface area contributed by atoms with E-state index in [1.807, 2.05) is 0 Å². The molecular formula is C44H38. The molecule has 6 aromatic carbocycles. The zero-order valence-electron chi connectivity index (χ0n) is 26.0. The molecule has 0 saturated carbocycles. The molecule has 0 spiro atoms. The number of aryl methyl sites for hydroxylation is 4. The van der Waals surface area contributed by atoms with Crippen molar-refractivity contribution >= 4 is 23.3 Å². The Bertz CT molecular complexity index is 1820. The van der Waals surface area contributed by atoms with E-state index in [-0.39, 0.29) is 0 Å². The molecule has 0 heterocycles. The van der Waals surface area contributed by atoms with Gasteiger partial charge in [0.25, 0.3) is 0 Å². The Morgan fingerprint density at radius 1 is 0.364 bits per heavy atom. The molecule has 0 aromatic heterocycles. The van der Waals surface area contributed by atoms with Gasteiger partial charge in [-0.15, -0.1) is 0 Å². The zero-order valence-corrected chi connectivity index (χ0v) is 26.0. The molecule has 0 atom stereocenters. The fourth-order valence-electron chi connectivity index (χ4n) is 5.64. The van der Waals surface area contributed by atoms with Crippen LogP contribution in [0.2, 0.25) is 0 Å². The highest BCUT2D eigenvalue weighted by molar-refractivity contribution is 5.99. The third-order valence-corrected chi connectivity index (χ3v) is 8.26. The maximum atomic E-state index is 2.39. The van der Waals surface area contributed by atoms with Gasteiger partial charge in [-0.3, -0.25) is 0 Å². The van der Waals surface area contributed by atoms with Crippen molar-refractivity contribution in [2.75, 3.05) is 0 Å². The molecule has 44 heavy (non-hydrogen) atoms. The van der Waals surface area contributed by atoms with Crippen LogP contribution in [0.1, 0.15) is 55.6 Å². The van der Waals surface area contributed by atoms with Crippen LogP contribution in [0.25, 0.3) is 34.4 Å². The lowest BCUT2D eigenvalue weighted by Gasteiger charge is -2.16. The molecule has 6 aromatic rings. The molecule has 0 heteroatoms. The standard InChI is InChI=1S/C44H38/c1-31-13-21-36(22-14-31)42(37-23-15-32(2)16-24-37)29-40-11-8-12-41(35-9-6-5-7-10-35)44(40)30-43(38-25-17-33(3)18-26-38)39-27-19-34(4)20-28-39/h5-30H,1-4H3. The van der Waals surface area contributed by atoms with Crippen molar-refractivity contribution in [1.29, 1.82) is 0 Å². The lowest BCUT2D eigenvalue weighted by Crippen LogP contribution is -1.95. The van der Waals surface area contributed by atoms with E-state index < -0.39 is 0 Å². The number of hydrogen-bond acceptors (Lipinski definition) is 0. The Morgan fingerprint density at radius 3 is 1.16 bits per heavy atom. The Balaban J connectivity index is 1.65. The highest BCUT2D eigenvalue weighted by Crippen LogP contribution is 2.36. The van der Waals surface area contributed by atoms with Gasteiger partial charge in [0.15, 0.2) is 0 Å². The predicted octanol–water partition coefficient (Wildman–Crippen LogP) is 11.8. The Morgan fingerprint density at radius 2 is 0.750 bits per heavy atom. The molecule has 0 amide bonds. The van der Waals surface area contributed by atoms with Crippen LogP contribution in [-0.2, 0) is 0 Å². The third kappa shape index (κ3) is 6.56. The van der Waals surface area contributed by atoms with E-state index in [4.69, 9.17) is 0 Å². The zero-order chi connectivity index (χ0) is 30.5. The number of benzene rings is 6. The molecule has 0 fully saturated rings. The van der Waals surface area contributed by atoms with Crippen LogP contribution < -0.4 is 0 Å². The van der Waals surface area contributed by atoms with Gasteiger partial charge >= 0.3 is 0 Å². The molecule has 0 aliphatic carbocycles. The lowest BCUT2D eigenvalue weighted by molar-refractivity contribution is 1.43. The van der Waals surface area contributed by atoms with Gasteiger partial charge in [-0.25, -0.2) is 0 Å². The van der Waals surface area contributed by atoms with E-state index in [2.05, 4.69) is 185 Å². The van der Waals surface area contributed by atoms with Gasteiger partial charge in [-0.05, 0) is 95.5 Å². The fourth-order valence-corrected chi connectivity index (χ4v) is 5.64. The highest BCUT2D eigenvalue weighted by atomic mass is 14.2. The molecule has 0 aliphatic heterocycles. The molecule has 214 valence electrons. The van der Waals surface area contributed by atoms with Crippen molar-refractivity contribution in [3.63, 3.8) is 0 Å². The first-order valence-corrected chi connectivity index (χ1v) is 15.3. The number of rotatable bonds is 7. The summed E-state index contributed by atoms with van der Waals surface area (Å²) >= 11 is 0. The first-order valence-electron chi connectivity index (χ1n) is 15.3. The minimum Gasteiger partial charge on any atom is -0.0622 e. The van der Waals surface area contributed by atoms with Crippen LogP contribution in [0, 0.1) is 27.7 Å². The summed E-state index contributed by atoms with van der Waals surface area (Å²) < 4.78 is 0. The van der Waals surface area contributed by atoms with Crippen LogP contribution in [0.5, 0.6) is 0 Å². The van der Waals surface area contributed by atoms with Gasteiger partial charge in [0.1, 0.15) is 0 Å². The summed E-state index contributed by atoms with van der Waals surface area (Å²) in [5.74, 6) is 0. The maximum Gasteiger partial charge on any atom is -0.00988 e. The lowest BCUT2D eigenvalue weighted by atomic mass is 9.87. The Kier molecular flexibility index (Phi) is 8.52. The van der Waals surface area contributed by atoms with Crippen LogP contribution in [0.4, 0.5) is 0 Å². The fraction of sp³-hybridized carbons (Fsp3) is 0.0909. The van der Waals surface area contributed by atoms with Crippen molar-refractivity contribution in [2.24, 2.45) is 0 Å². The minimum atomic E-state index is 1.18. The third-order valence-electron chi connectivity index (χ3n) is 8.26. The molecule has 0 aliphatic rings. The first kappa shape index (κ1) is 28.9. The molecule has 0 nitrogen and oxygen atoms in total. The summed E-state index contributed by atoms with van der Waals surface area (Å²) in [7, 11) is 0. The second-order valence-electron chi connectivity index (χ2n) is 11.8. The topological polar surface area (TPSA) is 0 Å². The average molecular weight is 567 g/mol. The molecular weight excluding hydrogens is 528 g/mol. The van der Waals surface area contributed by atoms with Gasteiger partial charge in [0.2, 0.25) is 0 Å². The van der Waals surface area contributed by atoms with E-state index in [0.717, 1.165) is 0 Å². The van der Waals surface area contributed by atoms with Crippen molar-refractivity contribution < 1.29 is 0 Å². The van der Waals surface area contributed by atoms with E-state index in [0.29, 0.717) is 0 Å². The van der Waals surface area contributed by atoms with Gasteiger partial charge in [0.05, 0.1) is 0 Å². The van der Waals surface area contributed by atoms with Crippen LogP contribution in [0.15, 0.2) is 146 Å². The minimum absolute atomic E-state index is 1.18. The summed E-state index contributed by atoms with van der Waals surface area (Å²) in [5.41, 5.74) is 17.0. The van der Waals surface area contributed by atoms with Crippen molar-refractivity contribution in [1.82, 2.24) is 0 Å². The SMILES string of the molecule is Cc1ccc(C(=Cc2cccc(-c3ccccc3)c2C=C(c2ccc(C)cc2)c2ccc(C)cc2)c2ccc(C)cc2)cc1. The average Bonchev–Trinajstić information content (AvgIpc) is 3.05. The summed E-state index contributed by atoms with van der Waals surface area (Å²) in [6.07, 6.45) is 4.76. The van der Waals surface area contributed by atoms with Gasteiger partial charge in [0, 0.05) is 0 Å². The smallest absolute Gasteiger partial charge is 0.00988 e. The summed E-state index contributed by atoms with van der Waals surface area (Å²) in [6, 6.07) is 53.0. The van der Waals surface area contributed by atoms with E-state index in [1.165, 1.54) is 77.9 Å². The van der Waals surface area contributed by atoms with Crippen molar-refractivity contribution in [2.45, 2.75) is 27.7 Å². The number of hydrogen-bond donors (Lipinski definition) is 0. The van der Waals surface area contributed by atoms with E-state index >= 15 is 0 Å².